The summed E-state index contributed by atoms with van der Waals surface area (Å²) in [5, 5.41) is 13.7. The second kappa shape index (κ2) is 8.68. The van der Waals surface area contributed by atoms with Gasteiger partial charge in [-0.2, -0.15) is 0 Å². The summed E-state index contributed by atoms with van der Waals surface area (Å²) in [4.78, 5) is 14.4. The fourth-order valence-corrected chi connectivity index (χ4v) is 3.96. The molecule has 2 fully saturated rings. The van der Waals surface area contributed by atoms with Gasteiger partial charge in [-0.15, -0.1) is 0 Å². The molecule has 2 aliphatic heterocycles. The molecule has 5 nitrogen and oxygen atoms in total. The lowest BCUT2D eigenvalue weighted by molar-refractivity contribution is 0.0530. The van der Waals surface area contributed by atoms with Crippen molar-refractivity contribution in [3.05, 3.63) is 35.9 Å². The van der Waals surface area contributed by atoms with Crippen LogP contribution in [-0.2, 0) is 4.74 Å². The van der Waals surface area contributed by atoms with Crippen molar-refractivity contribution in [1.29, 1.82) is 0 Å². The smallest absolute Gasteiger partial charge is 0.317 e. The van der Waals surface area contributed by atoms with Crippen LogP contribution in [0, 0.1) is 11.8 Å². The molecule has 0 aliphatic carbocycles. The first kappa shape index (κ1) is 18.2. The predicted octanol–water partition coefficient (Wildman–Crippen LogP) is 2.96. The molecule has 2 N–H and O–H groups in total. The summed E-state index contributed by atoms with van der Waals surface area (Å²) in [6.07, 6.45) is 3.29. The zero-order valence-corrected chi connectivity index (χ0v) is 15.1. The molecule has 0 bridgehead atoms. The van der Waals surface area contributed by atoms with E-state index in [1.54, 1.807) is 0 Å². The van der Waals surface area contributed by atoms with Crippen molar-refractivity contribution in [2.45, 2.75) is 44.8 Å². The van der Waals surface area contributed by atoms with E-state index in [1.165, 1.54) is 0 Å². The molecule has 2 atom stereocenters. The van der Waals surface area contributed by atoms with Gasteiger partial charge in [-0.25, -0.2) is 4.79 Å². The number of urea groups is 1. The van der Waals surface area contributed by atoms with E-state index in [-0.39, 0.29) is 18.0 Å². The zero-order valence-electron chi connectivity index (χ0n) is 15.1. The van der Waals surface area contributed by atoms with Gasteiger partial charge in [0.1, 0.15) is 0 Å². The average molecular weight is 346 g/mol. The first-order valence-electron chi connectivity index (χ1n) is 9.51. The van der Waals surface area contributed by atoms with Crippen LogP contribution in [0.25, 0.3) is 0 Å². The highest BCUT2D eigenvalue weighted by Gasteiger charge is 2.29. The van der Waals surface area contributed by atoms with Gasteiger partial charge in [0.25, 0.3) is 0 Å². The molecule has 0 spiro atoms. The molecule has 2 heterocycles. The standard InChI is InChI=1S/C20H30N2O3/c1-15(16-9-13-25-14-10-16)21-20(24)22-11-7-18(8-12-22)19(23)17-5-3-2-4-6-17/h2-6,15-16,18-19,23H,7-14H2,1H3,(H,21,24). The number of likely N-dealkylation sites (tertiary alicyclic amines) is 1. The van der Waals surface area contributed by atoms with Gasteiger partial charge < -0.3 is 20.1 Å². The van der Waals surface area contributed by atoms with Gasteiger partial charge in [-0.1, -0.05) is 30.3 Å². The van der Waals surface area contributed by atoms with Crippen LogP contribution in [0.1, 0.15) is 44.3 Å². The Bertz CT molecular complexity index is 537. The van der Waals surface area contributed by atoms with E-state index in [4.69, 9.17) is 4.74 Å². The maximum atomic E-state index is 12.5. The third-order valence-electron chi connectivity index (χ3n) is 5.74. The molecule has 0 aromatic heterocycles. The van der Waals surface area contributed by atoms with Crippen LogP contribution in [0.2, 0.25) is 0 Å². The van der Waals surface area contributed by atoms with Gasteiger partial charge in [0.2, 0.25) is 0 Å². The first-order valence-corrected chi connectivity index (χ1v) is 9.51. The third-order valence-corrected chi connectivity index (χ3v) is 5.74. The van der Waals surface area contributed by atoms with E-state index < -0.39 is 6.10 Å². The Hall–Kier alpha value is -1.59. The topological polar surface area (TPSA) is 61.8 Å². The molecule has 2 saturated heterocycles. The summed E-state index contributed by atoms with van der Waals surface area (Å²) in [6, 6.07) is 10.0. The first-order chi connectivity index (χ1) is 12.1. The molecule has 0 radical (unpaired) electrons. The van der Waals surface area contributed by atoms with Crippen molar-refractivity contribution in [2.75, 3.05) is 26.3 Å². The Morgan fingerprint density at radius 3 is 2.40 bits per heavy atom. The molecular weight excluding hydrogens is 316 g/mol. The summed E-state index contributed by atoms with van der Waals surface area (Å²) in [6.45, 7) is 5.11. The van der Waals surface area contributed by atoms with Gasteiger partial charge in [-0.3, -0.25) is 0 Å². The van der Waals surface area contributed by atoms with E-state index in [1.807, 2.05) is 35.2 Å². The number of benzene rings is 1. The number of aliphatic hydroxyl groups is 1. The van der Waals surface area contributed by atoms with Gasteiger partial charge in [0, 0.05) is 32.3 Å². The third kappa shape index (κ3) is 4.73. The highest BCUT2D eigenvalue weighted by Crippen LogP contribution is 2.30. The summed E-state index contributed by atoms with van der Waals surface area (Å²) in [5.41, 5.74) is 0.971. The predicted molar refractivity (Wildman–Crippen MR) is 97.2 cm³/mol. The lowest BCUT2D eigenvalue weighted by Crippen LogP contribution is -2.49. The molecular formula is C20H30N2O3. The van der Waals surface area contributed by atoms with Crippen LogP contribution in [0.15, 0.2) is 30.3 Å². The molecule has 5 heteroatoms. The van der Waals surface area contributed by atoms with Crippen molar-refractivity contribution >= 4 is 6.03 Å². The Balaban J connectivity index is 1.46. The van der Waals surface area contributed by atoms with Crippen LogP contribution in [0.5, 0.6) is 0 Å². The highest BCUT2D eigenvalue weighted by atomic mass is 16.5. The Morgan fingerprint density at radius 2 is 1.76 bits per heavy atom. The number of hydrogen-bond acceptors (Lipinski definition) is 3. The molecule has 2 aliphatic rings. The number of carbonyl (C=O) groups is 1. The number of piperidine rings is 1. The summed E-state index contributed by atoms with van der Waals surface area (Å²) >= 11 is 0. The van der Waals surface area contributed by atoms with Gasteiger partial charge >= 0.3 is 6.03 Å². The Morgan fingerprint density at radius 1 is 1.12 bits per heavy atom. The number of nitrogens with zero attached hydrogens (tertiary/aromatic N) is 1. The molecule has 2 unspecified atom stereocenters. The van der Waals surface area contributed by atoms with Crippen LogP contribution in [0.3, 0.4) is 0 Å². The minimum atomic E-state index is -0.437. The van der Waals surface area contributed by atoms with Crippen molar-refractivity contribution in [1.82, 2.24) is 10.2 Å². The number of aliphatic hydroxyl groups excluding tert-OH is 1. The van der Waals surface area contributed by atoms with E-state index in [2.05, 4.69) is 12.2 Å². The van der Waals surface area contributed by atoms with Crippen molar-refractivity contribution in [2.24, 2.45) is 11.8 Å². The van der Waals surface area contributed by atoms with E-state index in [0.29, 0.717) is 19.0 Å². The SMILES string of the molecule is CC(NC(=O)N1CCC(C(O)c2ccccc2)CC1)C1CCOCC1. The lowest BCUT2D eigenvalue weighted by Gasteiger charge is -2.36. The minimum absolute atomic E-state index is 0.0339. The largest absolute Gasteiger partial charge is 0.388 e. The van der Waals surface area contributed by atoms with Crippen LogP contribution >= 0.6 is 0 Å². The van der Waals surface area contributed by atoms with E-state index >= 15 is 0 Å². The van der Waals surface area contributed by atoms with Crippen molar-refractivity contribution < 1.29 is 14.6 Å². The number of carbonyl (C=O) groups excluding carboxylic acids is 1. The highest BCUT2D eigenvalue weighted by molar-refractivity contribution is 5.74. The Kier molecular flexibility index (Phi) is 6.32. The molecule has 25 heavy (non-hydrogen) atoms. The number of amides is 2. The zero-order chi connectivity index (χ0) is 17.6. The number of hydrogen-bond donors (Lipinski definition) is 2. The maximum Gasteiger partial charge on any atom is 0.317 e. The van der Waals surface area contributed by atoms with Crippen LogP contribution in [-0.4, -0.2) is 48.4 Å². The fourth-order valence-electron chi connectivity index (χ4n) is 3.96. The normalized spacial score (nSPS) is 22.4. The van der Waals surface area contributed by atoms with E-state index in [9.17, 15) is 9.90 Å². The molecule has 1 aromatic carbocycles. The van der Waals surface area contributed by atoms with Crippen molar-refractivity contribution in [3.63, 3.8) is 0 Å². The minimum Gasteiger partial charge on any atom is -0.388 e. The summed E-state index contributed by atoms with van der Waals surface area (Å²) < 4.78 is 5.40. The maximum absolute atomic E-state index is 12.5. The molecule has 3 rings (SSSR count). The van der Waals surface area contributed by atoms with Crippen molar-refractivity contribution in [3.8, 4) is 0 Å². The van der Waals surface area contributed by atoms with E-state index in [0.717, 1.165) is 44.5 Å². The molecule has 0 saturated carbocycles. The number of rotatable bonds is 4. The Labute approximate surface area is 150 Å². The summed E-state index contributed by atoms with van der Waals surface area (Å²) in [7, 11) is 0. The monoisotopic (exact) mass is 346 g/mol. The molecule has 138 valence electrons. The number of nitrogens with one attached hydrogen (secondary N) is 1. The fraction of sp³-hybridized carbons (Fsp3) is 0.650. The average Bonchev–Trinajstić information content (AvgIpc) is 2.69. The lowest BCUT2D eigenvalue weighted by atomic mass is 9.87. The van der Waals surface area contributed by atoms with Gasteiger partial charge in [0.15, 0.2) is 0 Å². The summed E-state index contributed by atoms with van der Waals surface area (Å²) in [5.74, 6) is 0.731. The quantitative estimate of drug-likeness (QED) is 0.881. The van der Waals surface area contributed by atoms with Gasteiger partial charge in [-0.05, 0) is 50.0 Å². The molecule has 2 amide bonds. The second-order valence-electron chi connectivity index (χ2n) is 7.37. The van der Waals surface area contributed by atoms with Gasteiger partial charge in [0.05, 0.1) is 6.10 Å². The number of ether oxygens (including phenoxy) is 1. The van der Waals surface area contributed by atoms with Crippen LogP contribution in [0.4, 0.5) is 4.79 Å². The van der Waals surface area contributed by atoms with Crippen LogP contribution < -0.4 is 5.32 Å². The molecule has 1 aromatic rings. The second-order valence-corrected chi connectivity index (χ2v) is 7.37.